The van der Waals surface area contributed by atoms with E-state index in [1.165, 1.54) is 4.31 Å². The highest BCUT2D eigenvalue weighted by molar-refractivity contribution is 9.10. The van der Waals surface area contributed by atoms with Gasteiger partial charge in [-0.15, -0.1) is 0 Å². The number of benzene rings is 2. The quantitative estimate of drug-likeness (QED) is 0.608. The molecule has 1 saturated heterocycles. The molecule has 0 radical (unpaired) electrons. The molecule has 8 heteroatoms. The molecule has 2 aliphatic heterocycles. The third-order valence-electron chi connectivity index (χ3n) is 6.00. The van der Waals surface area contributed by atoms with E-state index in [2.05, 4.69) is 22.0 Å². The molecule has 2 heterocycles. The van der Waals surface area contributed by atoms with Crippen LogP contribution in [0, 0.1) is 5.92 Å². The van der Waals surface area contributed by atoms with Crippen LogP contribution in [0.4, 0.5) is 5.69 Å². The van der Waals surface area contributed by atoms with Crippen LogP contribution in [0.5, 0.6) is 5.75 Å². The lowest BCUT2D eigenvalue weighted by Crippen LogP contribution is -2.48. The van der Waals surface area contributed by atoms with Crippen molar-refractivity contribution in [3.8, 4) is 5.75 Å². The topological polar surface area (TPSA) is 66.9 Å². The molecule has 2 atom stereocenters. The van der Waals surface area contributed by atoms with Crippen molar-refractivity contribution < 1.29 is 17.9 Å². The van der Waals surface area contributed by atoms with Crippen molar-refractivity contribution >= 4 is 37.5 Å². The zero-order chi connectivity index (χ0) is 22.2. The van der Waals surface area contributed by atoms with Crippen LogP contribution >= 0.6 is 15.9 Å². The van der Waals surface area contributed by atoms with Gasteiger partial charge in [0.1, 0.15) is 5.75 Å². The highest BCUT2D eigenvalue weighted by Crippen LogP contribution is 2.36. The summed E-state index contributed by atoms with van der Waals surface area (Å²) < 4.78 is 34.3. The van der Waals surface area contributed by atoms with Gasteiger partial charge in [-0.1, -0.05) is 15.9 Å². The van der Waals surface area contributed by atoms with Gasteiger partial charge in [0.05, 0.1) is 17.4 Å². The summed E-state index contributed by atoms with van der Waals surface area (Å²) in [6.07, 6.45) is 2.17. The highest BCUT2D eigenvalue weighted by Gasteiger charge is 2.39. The second-order valence-corrected chi connectivity index (χ2v) is 11.0. The van der Waals surface area contributed by atoms with E-state index in [4.69, 9.17) is 4.74 Å². The Labute approximate surface area is 192 Å². The average molecular weight is 507 g/mol. The van der Waals surface area contributed by atoms with E-state index in [1.807, 2.05) is 30.9 Å². The number of rotatable bonds is 5. The maximum absolute atomic E-state index is 13.5. The van der Waals surface area contributed by atoms with E-state index >= 15 is 0 Å². The summed E-state index contributed by atoms with van der Waals surface area (Å²) in [7, 11) is -3.66. The van der Waals surface area contributed by atoms with Gasteiger partial charge in [-0.3, -0.25) is 4.79 Å². The van der Waals surface area contributed by atoms with E-state index in [1.54, 1.807) is 24.3 Å². The van der Waals surface area contributed by atoms with Crippen LogP contribution in [0.3, 0.4) is 0 Å². The van der Waals surface area contributed by atoms with Gasteiger partial charge >= 0.3 is 0 Å². The zero-order valence-electron chi connectivity index (χ0n) is 17.8. The Hall–Kier alpha value is -1.90. The number of carbonyl (C=O) groups excluding carboxylic acids is 1. The van der Waals surface area contributed by atoms with Gasteiger partial charge in [0.25, 0.3) is 0 Å². The molecule has 0 bridgehead atoms. The Balaban J connectivity index is 1.53. The summed E-state index contributed by atoms with van der Waals surface area (Å²) in [5, 5.41) is 0. The first-order valence-electron chi connectivity index (χ1n) is 10.7. The fraction of sp³-hybridized carbons (Fsp3) is 0.435. The van der Waals surface area contributed by atoms with Crippen molar-refractivity contribution in [2.45, 2.75) is 44.0 Å². The lowest BCUT2D eigenvalue weighted by molar-refractivity contribution is -0.123. The van der Waals surface area contributed by atoms with E-state index in [0.717, 1.165) is 22.1 Å². The number of ether oxygens (including phenoxy) is 1. The standard InChI is InChI=1S/C23H27BrN2O4S/c1-3-30-20-7-9-21(10-8-20)31(28,29)25-12-4-5-17(15-25)23(27)26-16(2)13-18-14-19(24)6-11-22(18)26/h6-11,14,16-17H,3-5,12-13,15H2,1-2H3/t16-,17-/m1/s1. The number of hydrogen-bond donors (Lipinski definition) is 0. The van der Waals surface area contributed by atoms with Crippen LogP contribution in [-0.4, -0.2) is 44.4 Å². The molecule has 166 valence electrons. The molecule has 0 saturated carbocycles. The predicted molar refractivity (Wildman–Crippen MR) is 124 cm³/mol. The second-order valence-electron chi connectivity index (χ2n) is 8.14. The van der Waals surface area contributed by atoms with Crippen molar-refractivity contribution in [2.24, 2.45) is 5.92 Å². The van der Waals surface area contributed by atoms with Crippen molar-refractivity contribution in [3.63, 3.8) is 0 Å². The van der Waals surface area contributed by atoms with Crippen LogP contribution in [-0.2, 0) is 21.2 Å². The van der Waals surface area contributed by atoms with Crippen LogP contribution < -0.4 is 9.64 Å². The Kier molecular flexibility index (Phi) is 6.42. The Morgan fingerprint density at radius 1 is 1.19 bits per heavy atom. The van der Waals surface area contributed by atoms with Crippen molar-refractivity contribution in [1.82, 2.24) is 4.31 Å². The van der Waals surface area contributed by atoms with Gasteiger partial charge < -0.3 is 9.64 Å². The van der Waals surface area contributed by atoms with Gasteiger partial charge in [0.15, 0.2) is 0 Å². The minimum atomic E-state index is -3.66. The first-order valence-corrected chi connectivity index (χ1v) is 12.9. The first-order chi connectivity index (χ1) is 14.8. The number of carbonyl (C=O) groups is 1. The number of sulfonamides is 1. The number of nitrogens with zero attached hydrogens (tertiary/aromatic N) is 2. The smallest absolute Gasteiger partial charge is 0.243 e. The van der Waals surface area contributed by atoms with E-state index in [0.29, 0.717) is 31.7 Å². The van der Waals surface area contributed by atoms with Crippen LogP contribution in [0.15, 0.2) is 51.8 Å². The lowest BCUT2D eigenvalue weighted by atomic mass is 9.97. The molecular formula is C23H27BrN2O4S. The predicted octanol–water partition coefficient (Wildman–Crippen LogP) is 4.23. The minimum absolute atomic E-state index is 0.0140. The molecule has 31 heavy (non-hydrogen) atoms. The van der Waals surface area contributed by atoms with Crippen molar-refractivity contribution in [1.29, 1.82) is 0 Å². The number of halogens is 1. The maximum Gasteiger partial charge on any atom is 0.243 e. The van der Waals surface area contributed by atoms with Gasteiger partial charge in [-0.25, -0.2) is 8.42 Å². The normalized spacial score (nSPS) is 21.7. The monoisotopic (exact) mass is 506 g/mol. The molecule has 0 unspecified atom stereocenters. The van der Waals surface area contributed by atoms with Crippen LogP contribution in [0.25, 0.3) is 0 Å². The summed E-state index contributed by atoms with van der Waals surface area (Å²) in [6, 6.07) is 12.5. The van der Waals surface area contributed by atoms with E-state index in [-0.39, 0.29) is 29.3 Å². The van der Waals surface area contributed by atoms with Crippen LogP contribution in [0.1, 0.15) is 32.3 Å². The van der Waals surface area contributed by atoms with E-state index < -0.39 is 10.0 Å². The average Bonchev–Trinajstić information content (AvgIpc) is 3.08. The van der Waals surface area contributed by atoms with Crippen molar-refractivity contribution in [3.05, 3.63) is 52.5 Å². The Morgan fingerprint density at radius 2 is 1.94 bits per heavy atom. The lowest BCUT2D eigenvalue weighted by Gasteiger charge is -2.34. The molecule has 0 spiro atoms. The third-order valence-corrected chi connectivity index (χ3v) is 8.37. The molecule has 1 fully saturated rings. The number of amides is 1. The zero-order valence-corrected chi connectivity index (χ0v) is 20.2. The largest absolute Gasteiger partial charge is 0.494 e. The number of fused-ring (bicyclic) bond motifs is 1. The summed E-state index contributed by atoms with van der Waals surface area (Å²) in [5.74, 6) is 0.310. The highest BCUT2D eigenvalue weighted by atomic mass is 79.9. The Morgan fingerprint density at radius 3 is 2.65 bits per heavy atom. The van der Waals surface area contributed by atoms with E-state index in [9.17, 15) is 13.2 Å². The molecule has 1 amide bonds. The number of hydrogen-bond acceptors (Lipinski definition) is 4. The summed E-state index contributed by atoms with van der Waals surface area (Å²) in [6.45, 7) is 5.09. The summed E-state index contributed by atoms with van der Waals surface area (Å²) >= 11 is 3.50. The fourth-order valence-corrected chi connectivity index (χ4v) is 6.45. The molecule has 0 aliphatic carbocycles. The van der Waals surface area contributed by atoms with Gasteiger partial charge in [-0.05, 0) is 81.1 Å². The van der Waals surface area contributed by atoms with Gasteiger partial charge in [0, 0.05) is 29.3 Å². The first kappa shape index (κ1) is 22.3. The van der Waals surface area contributed by atoms with Crippen molar-refractivity contribution in [2.75, 3.05) is 24.6 Å². The molecule has 4 rings (SSSR count). The minimum Gasteiger partial charge on any atom is -0.494 e. The number of anilines is 1. The van der Waals surface area contributed by atoms with Gasteiger partial charge in [0.2, 0.25) is 15.9 Å². The van der Waals surface area contributed by atoms with Gasteiger partial charge in [-0.2, -0.15) is 4.31 Å². The third kappa shape index (κ3) is 4.38. The summed E-state index contributed by atoms with van der Waals surface area (Å²) in [4.78, 5) is 15.6. The Bertz CT molecular complexity index is 1070. The molecule has 2 aromatic carbocycles. The second kappa shape index (κ2) is 8.92. The molecule has 0 aromatic heterocycles. The summed E-state index contributed by atoms with van der Waals surface area (Å²) in [5.41, 5.74) is 2.08. The molecule has 2 aromatic rings. The molecular weight excluding hydrogens is 480 g/mol. The van der Waals surface area contributed by atoms with Crippen LogP contribution in [0.2, 0.25) is 0 Å². The molecule has 2 aliphatic rings. The molecule has 6 nitrogen and oxygen atoms in total. The SMILES string of the molecule is CCOc1ccc(S(=O)(=O)N2CCC[C@@H](C(=O)N3c4ccc(Br)cc4C[C@H]3C)C2)cc1. The molecule has 0 N–H and O–H groups in total. The number of piperidine rings is 1. The fourth-order valence-electron chi connectivity index (χ4n) is 4.52. The maximum atomic E-state index is 13.5.